The van der Waals surface area contributed by atoms with E-state index in [9.17, 15) is 20.1 Å². The van der Waals surface area contributed by atoms with Crippen molar-refractivity contribution < 1.29 is 20.1 Å². The van der Waals surface area contributed by atoms with Gasteiger partial charge in [0.2, 0.25) is 5.91 Å². The molecule has 1 fully saturated rings. The van der Waals surface area contributed by atoms with Gasteiger partial charge in [0.15, 0.2) is 0 Å². The minimum absolute atomic E-state index is 0.0682. The second-order valence-electron chi connectivity index (χ2n) is 6.72. The molecule has 0 spiro atoms. The van der Waals surface area contributed by atoms with Gasteiger partial charge in [-0.05, 0) is 29.3 Å². The molecule has 1 aliphatic heterocycles. The van der Waals surface area contributed by atoms with Crippen LogP contribution in [0, 0.1) is 0 Å². The van der Waals surface area contributed by atoms with E-state index in [1.165, 1.54) is 0 Å². The molecule has 4 atom stereocenters. The molecule has 6 heteroatoms. The van der Waals surface area contributed by atoms with Gasteiger partial charge in [0.1, 0.15) is 6.10 Å². The molecular formula is C19H24N2O4. The van der Waals surface area contributed by atoms with Crippen molar-refractivity contribution in [1.29, 1.82) is 0 Å². The first-order valence-electron chi connectivity index (χ1n) is 8.48. The lowest BCUT2D eigenvalue weighted by molar-refractivity contribution is -0.131. The van der Waals surface area contributed by atoms with E-state index in [2.05, 4.69) is 11.4 Å². The largest absolute Gasteiger partial charge is 0.389 e. The molecule has 1 saturated heterocycles. The molecule has 134 valence electrons. The molecule has 2 unspecified atom stereocenters. The van der Waals surface area contributed by atoms with E-state index in [1.807, 2.05) is 43.3 Å². The number of likely N-dealkylation sites (tertiary alicyclic amines) is 1. The minimum Gasteiger partial charge on any atom is -0.389 e. The average Bonchev–Trinajstić information content (AvgIpc) is 2.59. The normalized spacial score (nSPS) is 25.7. The standard InChI is InChI=1S/C19H24N2O4/c1-12(14-7-6-13-4-2-3-5-15(13)8-14)20-18(24)11-21-9-16(22)19(25)17(23)10-21/h2-8,12,16-17,19,22-23,25H,9-11H2,1H3,(H,20,24)/t12?,16-,17+,19?. The maximum atomic E-state index is 12.3. The summed E-state index contributed by atoms with van der Waals surface area (Å²) in [5.74, 6) is -0.184. The van der Waals surface area contributed by atoms with Gasteiger partial charge in [-0.15, -0.1) is 0 Å². The van der Waals surface area contributed by atoms with E-state index in [0.717, 1.165) is 16.3 Å². The molecule has 2 aromatic carbocycles. The molecule has 0 bridgehead atoms. The lowest BCUT2D eigenvalue weighted by Gasteiger charge is -2.36. The van der Waals surface area contributed by atoms with Gasteiger partial charge in [-0.25, -0.2) is 0 Å². The Balaban J connectivity index is 1.60. The molecule has 1 amide bonds. The van der Waals surface area contributed by atoms with Crippen LogP contribution in [0.1, 0.15) is 18.5 Å². The van der Waals surface area contributed by atoms with Crippen molar-refractivity contribution in [2.24, 2.45) is 0 Å². The Kier molecular flexibility index (Phi) is 5.34. The number of aliphatic hydroxyl groups is 3. The van der Waals surface area contributed by atoms with Crippen LogP contribution in [-0.4, -0.2) is 64.1 Å². The fourth-order valence-electron chi connectivity index (χ4n) is 3.26. The van der Waals surface area contributed by atoms with Gasteiger partial charge >= 0.3 is 0 Å². The number of carbonyl (C=O) groups excluding carboxylic acids is 1. The number of amides is 1. The molecule has 3 rings (SSSR count). The van der Waals surface area contributed by atoms with Crippen LogP contribution in [0.5, 0.6) is 0 Å². The number of aliphatic hydroxyl groups excluding tert-OH is 3. The van der Waals surface area contributed by atoms with Crippen molar-refractivity contribution in [2.75, 3.05) is 19.6 Å². The molecule has 0 saturated carbocycles. The summed E-state index contributed by atoms with van der Waals surface area (Å²) in [6.45, 7) is 2.32. The monoisotopic (exact) mass is 344 g/mol. The van der Waals surface area contributed by atoms with Crippen LogP contribution < -0.4 is 5.32 Å². The average molecular weight is 344 g/mol. The fourth-order valence-corrected chi connectivity index (χ4v) is 3.26. The van der Waals surface area contributed by atoms with Gasteiger partial charge in [0.05, 0.1) is 24.8 Å². The first-order chi connectivity index (χ1) is 11.9. The molecule has 4 N–H and O–H groups in total. The van der Waals surface area contributed by atoms with Crippen LogP contribution in [0.4, 0.5) is 0 Å². The van der Waals surface area contributed by atoms with E-state index in [0.29, 0.717) is 0 Å². The molecule has 0 radical (unpaired) electrons. The van der Waals surface area contributed by atoms with Crippen molar-refractivity contribution >= 4 is 16.7 Å². The second-order valence-corrected chi connectivity index (χ2v) is 6.72. The Hall–Kier alpha value is -1.99. The number of hydrogen-bond donors (Lipinski definition) is 4. The van der Waals surface area contributed by atoms with Gasteiger partial charge < -0.3 is 20.6 Å². The summed E-state index contributed by atoms with van der Waals surface area (Å²) < 4.78 is 0. The Morgan fingerprint density at radius 2 is 1.76 bits per heavy atom. The zero-order valence-corrected chi connectivity index (χ0v) is 14.2. The van der Waals surface area contributed by atoms with E-state index in [1.54, 1.807) is 4.90 Å². The first kappa shape index (κ1) is 17.8. The van der Waals surface area contributed by atoms with Crippen molar-refractivity contribution in [3.63, 3.8) is 0 Å². The van der Waals surface area contributed by atoms with E-state index >= 15 is 0 Å². The molecule has 25 heavy (non-hydrogen) atoms. The van der Waals surface area contributed by atoms with Gasteiger partial charge in [-0.3, -0.25) is 9.69 Å². The van der Waals surface area contributed by atoms with Crippen molar-refractivity contribution in [3.8, 4) is 0 Å². The van der Waals surface area contributed by atoms with Crippen molar-refractivity contribution in [2.45, 2.75) is 31.3 Å². The van der Waals surface area contributed by atoms with Crippen LogP contribution >= 0.6 is 0 Å². The zero-order valence-electron chi connectivity index (χ0n) is 14.2. The molecule has 2 aromatic rings. The number of piperidine rings is 1. The highest BCUT2D eigenvalue weighted by molar-refractivity contribution is 5.83. The number of fused-ring (bicyclic) bond motifs is 1. The maximum absolute atomic E-state index is 12.3. The number of nitrogens with one attached hydrogen (secondary N) is 1. The zero-order chi connectivity index (χ0) is 18.0. The highest BCUT2D eigenvalue weighted by atomic mass is 16.4. The topological polar surface area (TPSA) is 93.0 Å². The van der Waals surface area contributed by atoms with E-state index in [4.69, 9.17) is 0 Å². The predicted octanol–water partition coefficient (Wildman–Crippen LogP) is 0.415. The number of nitrogens with zero attached hydrogens (tertiary/aromatic N) is 1. The third-order valence-corrected chi connectivity index (χ3v) is 4.70. The lowest BCUT2D eigenvalue weighted by atomic mass is 10.0. The molecule has 0 aliphatic carbocycles. The minimum atomic E-state index is -1.16. The summed E-state index contributed by atoms with van der Waals surface area (Å²) in [6.07, 6.45) is -3.25. The third-order valence-electron chi connectivity index (χ3n) is 4.70. The van der Waals surface area contributed by atoms with E-state index in [-0.39, 0.29) is 31.6 Å². The smallest absolute Gasteiger partial charge is 0.234 e. The van der Waals surface area contributed by atoms with Crippen molar-refractivity contribution in [3.05, 3.63) is 48.0 Å². The summed E-state index contributed by atoms with van der Waals surface area (Å²) in [5.41, 5.74) is 1.01. The quantitative estimate of drug-likeness (QED) is 0.645. The lowest BCUT2D eigenvalue weighted by Crippen LogP contribution is -2.57. The number of β-amino-alcohol motifs (C(OH)–C–C–N with tert-alkyl or cyclic N) is 2. The molecule has 1 heterocycles. The molecular weight excluding hydrogens is 320 g/mol. The summed E-state index contributed by atoms with van der Waals surface area (Å²) in [7, 11) is 0. The third kappa shape index (κ3) is 4.16. The summed E-state index contributed by atoms with van der Waals surface area (Å²) in [4.78, 5) is 13.9. The Morgan fingerprint density at radius 3 is 2.44 bits per heavy atom. The summed E-state index contributed by atoms with van der Waals surface area (Å²) in [5, 5.41) is 34.2. The van der Waals surface area contributed by atoms with Gasteiger partial charge in [0.25, 0.3) is 0 Å². The van der Waals surface area contributed by atoms with Gasteiger partial charge in [-0.2, -0.15) is 0 Å². The summed E-state index contributed by atoms with van der Waals surface area (Å²) >= 11 is 0. The number of rotatable bonds is 4. The second kappa shape index (κ2) is 7.49. The number of carbonyl (C=O) groups is 1. The van der Waals surface area contributed by atoms with Crippen LogP contribution in [0.3, 0.4) is 0 Å². The first-order valence-corrected chi connectivity index (χ1v) is 8.48. The van der Waals surface area contributed by atoms with Crippen LogP contribution in [0.2, 0.25) is 0 Å². The van der Waals surface area contributed by atoms with Gasteiger partial charge in [0, 0.05) is 13.1 Å². The van der Waals surface area contributed by atoms with Crippen LogP contribution in [0.25, 0.3) is 10.8 Å². The maximum Gasteiger partial charge on any atom is 0.234 e. The SMILES string of the molecule is CC(NC(=O)CN1C[C@@H](O)C(O)[C@@H](O)C1)c1ccc2ccccc2c1. The fraction of sp³-hybridized carbons (Fsp3) is 0.421. The molecule has 6 nitrogen and oxygen atoms in total. The Bertz CT molecular complexity index is 739. The Labute approximate surface area is 146 Å². The predicted molar refractivity (Wildman–Crippen MR) is 95.0 cm³/mol. The molecule has 1 aliphatic rings. The van der Waals surface area contributed by atoms with Crippen LogP contribution in [-0.2, 0) is 4.79 Å². The van der Waals surface area contributed by atoms with E-state index < -0.39 is 18.3 Å². The number of benzene rings is 2. The molecule has 0 aromatic heterocycles. The summed E-state index contributed by atoms with van der Waals surface area (Å²) in [6, 6.07) is 14.0. The highest BCUT2D eigenvalue weighted by Gasteiger charge is 2.34. The Morgan fingerprint density at radius 1 is 1.12 bits per heavy atom. The highest BCUT2D eigenvalue weighted by Crippen LogP contribution is 2.20. The van der Waals surface area contributed by atoms with Crippen LogP contribution in [0.15, 0.2) is 42.5 Å². The van der Waals surface area contributed by atoms with Crippen molar-refractivity contribution in [1.82, 2.24) is 10.2 Å². The van der Waals surface area contributed by atoms with Gasteiger partial charge in [-0.1, -0.05) is 36.4 Å². The number of hydrogen-bond acceptors (Lipinski definition) is 5.